The highest BCUT2D eigenvalue weighted by Crippen LogP contribution is 2.38. The van der Waals surface area contributed by atoms with Crippen molar-refractivity contribution in [2.75, 3.05) is 7.11 Å². The van der Waals surface area contributed by atoms with Crippen LogP contribution in [0.4, 0.5) is 0 Å². The monoisotopic (exact) mass is 360 g/mol. The lowest BCUT2D eigenvalue weighted by atomic mass is 9.78. The van der Waals surface area contributed by atoms with Crippen molar-refractivity contribution in [2.24, 2.45) is 5.92 Å². The minimum Gasteiger partial charge on any atom is -0.496 e. The average molecular weight is 361 g/mol. The van der Waals surface area contributed by atoms with Gasteiger partial charge in [0.15, 0.2) is 0 Å². The molecular weight excluding hydrogens is 328 g/mol. The summed E-state index contributed by atoms with van der Waals surface area (Å²) >= 11 is 0. The summed E-state index contributed by atoms with van der Waals surface area (Å²) in [5.41, 5.74) is 5.32. The fraction of sp³-hybridized carbons (Fsp3) is 0.385. The van der Waals surface area contributed by atoms with Crippen molar-refractivity contribution in [3.05, 3.63) is 77.4 Å². The summed E-state index contributed by atoms with van der Waals surface area (Å²) in [6.07, 6.45) is 14.0. The molecule has 0 N–H and O–H groups in total. The van der Waals surface area contributed by atoms with Gasteiger partial charge < -0.3 is 4.74 Å². The first-order valence-corrected chi connectivity index (χ1v) is 10.3. The predicted molar refractivity (Wildman–Crippen MR) is 117 cm³/mol. The normalized spacial score (nSPS) is 19.9. The number of benzene rings is 2. The number of methoxy groups -OCH3 is 1. The second kappa shape index (κ2) is 9.60. The maximum absolute atomic E-state index is 5.53. The van der Waals surface area contributed by atoms with Crippen molar-refractivity contribution in [3.8, 4) is 5.75 Å². The highest BCUT2D eigenvalue weighted by molar-refractivity contribution is 5.54. The van der Waals surface area contributed by atoms with Gasteiger partial charge in [0, 0.05) is 0 Å². The smallest absolute Gasteiger partial charge is 0.122 e. The molecule has 0 spiro atoms. The molecule has 0 heterocycles. The molecule has 0 aromatic heterocycles. The summed E-state index contributed by atoms with van der Waals surface area (Å²) < 4.78 is 5.53. The van der Waals surface area contributed by atoms with E-state index in [1.165, 1.54) is 47.9 Å². The lowest BCUT2D eigenvalue weighted by molar-refractivity contribution is 0.375. The van der Waals surface area contributed by atoms with E-state index in [9.17, 15) is 0 Å². The van der Waals surface area contributed by atoms with Crippen molar-refractivity contribution in [3.63, 3.8) is 0 Å². The van der Waals surface area contributed by atoms with E-state index in [4.69, 9.17) is 4.74 Å². The number of allylic oxidation sites excluding steroid dienone is 1. The Balaban J connectivity index is 1.59. The number of hydrogen-bond acceptors (Lipinski definition) is 1. The summed E-state index contributed by atoms with van der Waals surface area (Å²) in [6, 6.07) is 15.4. The molecule has 0 atom stereocenters. The maximum atomic E-state index is 5.53. The Morgan fingerprint density at radius 1 is 1.00 bits per heavy atom. The number of hydrogen-bond donors (Lipinski definition) is 0. The van der Waals surface area contributed by atoms with E-state index in [2.05, 4.69) is 68.1 Å². The topological polar surface area (TPSA) is 9.23 Å². The van der Waals surface area contributed by atoms with E-state index in [1.54, 1.807) is 7.11 Å². The van der Waals surface area contributed by atoms with Gasteiger partial charge >= 0.3 is 0 Å². The molecule has 1 fully saturated rings. The first-order valence-electron chi connectivity index (χ1n) is 10.3. The van der Waals surface area contributed by atoms with Crippen molar-refractivity contribution in [2.45, 2.75) is 51.4 Å². The van der Waals surface area contributed by atoms with E-state index in [-0.39, 0.29) is 0 Å². The van der Waals surface area contributed by atoms with Crippen molar-refractivity contribution in [1.29, 1.82) is 0 Å². The van der Waals surface area contributed by atoms with Gasteiger partial charge in [-0.25, -0.2) is 0 Å². The second-order valence-corrected chi connectivity index (χ2v) is 7.66. The second-order valence-electron chi connectivity index (χ2n) is 7.66. The number of aryl methyl sites for hydroxylation is 1. The minimum atomic E-state index is 0.697. The lowest BCUT2D eigenvalue weighted by Crippen LogP contribution is -2.12. The Bertz CT molecular complexity index is 761. The van der Waals surface area contributed by atoms with Crippen LogP contribution in [0.1, 0.15) is 67.2 Å². The van der Waals surface area contributed by atoms with Crippen LogP contribution < -0.4 is 4.74 Å². The molecule has 1 saturated carbocycles. The van der Waals surface area contributed by atoms with Gasteiger partial charge in [-0.15, -0.1) is 0 Å². The third kappa shape index (κ3) is 5.13. The van der Waals surface area contributed by atoms with E-state index < -0.39 is 0 Å². The van der Waals surface area contributed by atoms with E-state index in [0.29, 0.717) is 11.8 Å². The van der Waals surface area contributed by atoms with Crippen LogP contribution in [0.3, 0.4) is 0 Å². The quantitative estimate of drug-likeness (QED) is 0.504. The van der Waals surface area contributed by atoms with Crippen LogP contribution >= 0.6 is 0 Å². The molecule has 1 aliphatic rings. The fourth-order valence-electron chi connectivity index (χ4n) is 4.15. The summed E-state index contributed by atoms with van der Waals surface area (Å²) in [7, 11) is 1.77. The van der Waals surface area contributed by atoms with Crippen molar-refractivity contribution in [1.82, 2.24) is 0 Å². The minimum absolute atomic E-state index is 0.697. The van der Waals surface area contributed by atoms with Gasteiger partial charge in [0.1, 0.15) is 5.75 Å². The van der Waals surface area contributed by atoms with Gasteiger partial charge in [0.05, 0.1) is 7.11 Å². The van der Waals surface area contributed by atoms with Gasteiger partial charge in [0.2, 0.25) is 0 Å². The van der Waals surface area contributed by atoms with Crippen LogP contribution in [0.25, 0.3) is 12.2 Å². The molecule has 2 aromatic rings. The van der Waals surface area contributed by atoms with Gasteiger partial charge in [-0.1, -0.05) is 74.5 Å². The van der Waals surface area contributed by atoms with Crippen LogP contribution in [-0.4, -0.2) is 7.11 Å². The number of rotatable bonds is 7. The maximum Gasteiger partial charge on any atom is 0.122 e. The molecule has 0 unspecified atom stereocenters. The molecule has 0 amide bonds. The standard InChI is InChI=1S/C26H32O/c1-4-6-25-19-24(17-18-26(25)27-3)23-15-13-22(14-16-23)12-11-21-9-7-20(5-2)8-10-21/h5,7-12,17-19,22-23H,2,4,6,13-16H2,1,3H3/b12-11+. The molecular formula is C26H32O. The van der Waals surface area contributed by atoms with Crippen LogP contribution in [0.5, 0.6) is 5.75 Å². The molecule has 1 heteroatoms. The third-order valence-electron chi connectivity index (χ3n) is 5.80. The highest BCUT2D eigenvalue weighted by Gasteiger charge is 2.21. The summed E-state index contributed by atoms with van der Waals surface area (Å²) in [6.45, 7) is 6.04. The number of ether oxygens (including phenoxy) is 1. The molecule has 2 aromatic carbocycles. The van der Waals surface area contributed by atoms with Gasteiger partial charge in [-0.05, 0) is 72.3 Å². The third-order valence-corrected chi connectivity index (χ3v) is 5.80. The van der Waals surface area contributed by atoms with E-state index in [1.807, 2.05) is 6.08 Å². The Morgan fingerprint density at radius 3 is 2.33 bits per heavy atom. The van der Waals surface area contributed by atoms with Crippen LogP contribution in [0, 0.1) is 5.92 Å². The molecule has 142 valence electrons. The summed E-state index contributed by atoms with van der Waals surface area (Å²) in [4.78, 5) is 0. The molecule has 3 rings (SSSR count). The molecule has 1 aliphatic carbocycles. The van der Waals surface area contributed by atoms with Crippen molar-refractivity contribution < 1.29 is 4.74 Å². The van der Waals surface area contributed by atoms with Crippen LogP contribution in [0.15, 0.2) is 55.1 Å². The molecule has 0 aliphatic heterocycles. The van der Waals surface area contributed by atoms with Crippen LogP contribution in [0.2, 0.25) is 0 Å². The fourth-order valence-corrected chi connectivity index (χ4v) is 4.15. The Morgan fingerprint density at radius 2 is 1.70 bits per heavy atom. The van der Waals surface area contributed by atoms with E-state index >= 15 is 0 Å². The first-order chi connectivity index (χ1) is 13.2. The van der Waals surface area contributed by atoms with Crippen LogP contribution in [-0.2, 0) is 6.42 Å². The molecule has 1 nitrogen and oxygen atoms in total. The van der Waals surface area contributed by atoms with Gasteiger partial charge in [-0.2, -0.15) is 0 Å². The molecule has 0 saturated heterocycles. The summed E-state index contributed by atoms with van der Waals surface area (Å²) in [5.74, 6) is 2.44. The van der Waals surface area contributed by atoms with E-state index in [0.717, 1.165) is 18.6 Å². The molecule has 0 bridgehead atoms. The Labute approximate surface area is 164 Å². The van der Waals surface area contributed by atoms with Crippen molar-refractivity contribution >= 4 is 12.2 Å². The molecule has 27 heavy (non-hydrogen) atoms. The predicted octanol–water partition coefficient (Wildman–Crippen LogP) is 7.28. The summed E-state index contributed by atoms with van der Waals surface area (Å²) in [5, 5.41) is 0. The largest absolute Gasteiger partial charge is 0.496 e. The first kappa shape index (κ1) is 19.5. The van der Waals surface area contributed by atoms with Gasteiger partial charge in [0.25, 0.3) is 0 Å². The molecule has 0 radical (unpaired) electrons. The SMILES string of the molecule is C=Cc1ccc(/C=C/C2CCC(c3ccc(OC)c(CCC)c3)CC2)cc1. The zero-order valence-electron chi connectivity index (χ0n) is 16.8. The highest BCUT2D eigenvalue weighted by atomic mass is 16.5. The Kier molecular flexibility index (Phi) is 6.92. The zero-order valence-corrected chi connectivity index (χ0v) is 16.8. The van der Waals surface area contributed by atoms with Gasteiger partial charge in [-0.3, -0.25) is 0 Å². The lowest BCUT2D eigenvalue weighted by Gasteiger charge is -2.27. The average Bonchev–Trinajstić information content (AvgIpc) is 2.73. The Hall–Kier alpha value is -2.28. The zero-order chi connectivity index (χ0) is 19.1.